The fraction of sp³-hybridized carbons (Fsp3) is 0.889. The zero-order valence-corrected chi connectivity index (χ0v) is 38.8. The third kappa shape index (κ3) is 14.8. The van der Waals surface area contributed by atoms with Crippen LogP contribution < -0.4 is 93.9 Å². The maximum Gasteiger partial charge on any atom is 1.00 e. The number of aliphatic hydroxyl groups is 1. The molecule has 8 fully saturated rings. The van der Waals surface area contributed by atoms with Crippen LogP contribution in [0.15, 0.2) is 0 Å². The standard InChI is InChI=1S/C12H16F2O5S.C10H16O.C3H3F3O4S.C2H2F2O5S.3Na.H2O/c13-12(14,20-19-18-16)11(15)17-10-8-2-6-1-7(4-8)5-9(10)3-6;11-10-8-2-6-1-7(4-8)5-9(10)3-6;1-10-2(7)3(4,5)11(6,8)9;3-2(4,1(5)6)10(7,8)9;;;;/h6-10,16H,1-5H2;6-11H,1-5H2;1H3;(H,5,6)(H,7,8,9);;;;1H2/q;;;;3*+1;/p-3. The molecule has 16 nitrogen and oxygen atoms in total. The van der Waals surface area contributed by atoms with Crippen molar-refractivity contribution in [3.8, 4) is 0 Å². The van der Waals surface area contributed by atoms with Gasteiger partial charge in [-0.3, -0.25) is 5.04 Å². The fourth-order valence-corrected chi connectivity index (χ4v) is 9.30. The third-order valence-corrected chi connectivity index (χ3v) is 12.3. The Bertz CT molecular complexity index is 1480. The van der Waals surface area contributed by atoms with Crippen LogP contribution in [0.5, 0.6) is 0 Å². The van der Waals surface area contributed by atoms with E-state index in [4.69, 9.17) is 9.84 Å². The van der Waals surface area contributed by atoms with Gasteiger partial charge in [-0.25, -0.2) is 22.8 Å². The molecule has 8 saturated carbocycles. The maximum absolute atomic E-state index is 13.4. The third-order valence-electron chi connectivity index (χ3n) is 10.3. The molecule has 0 aromatic carbocycles. The number of aliphatic hydroxyl groups excluding tert-OH is 1. The van der Waals surface area contributed by atoms with E-state index in [0.717, 1.165) is 37.5 Å². The van der Waals surface area contributed by atoms with Crippen molar-refractivity contribution in [2.45, 2.75) is 92.2 Å². The Labute approximate surface area is 387 Å². The number of carboxylic acids is 1. The van der Waals surface area contributed by atoms with Crippen LogP contribution >= 0.6 is 12.0 Å². The maximum atomic E-state index is 13.4. The Morgan fingerprint density at radius 3 is 1.30 bits per heavy atom. The average Bonchev–Trinajstić information content (AvgIpc) is 3.02. The summed E-state index contributed by atoms with van der Waals surface area (Å²) in [5.41, 5.74) is 0. The van der Waals surface area contributed by atoms with Crippen LogP contribution in [-0.4, -0.2) is 90.1 Å². The van der Waals surface area contributed by atoms with Crippen molar-refractivity contribution in [1.29, 1.82) is 0 Å². The van der Waals surface area contributed by atoms with Crippen LogP contribution in [-0.2, 0) is 53.6 Å². The quantitative estimate of drug-likeness (QED) is 0.0318. The summed E-state index contributed by atoms with van der Waals surface area (Å²) in [7, 11) is -11.8. The van der Waals surface area contributed by atoms with Gasteiger partial charge >= 0.3 is 133 Å². The smallest absolute Gasteiger partial charge is 0.870 e. The summed E-state index contributed by atoms with van der Waals surface area (Å²) in [6.45, 7) is 0. The summed E-state index contributed by atoms with van der Waals surface area (Å²) in [6.07, 6.45) is 11.6. The number of aliphatic carboxylic acids is 1. The van der Waals surface area contributed by atoms with E-state index in [1.807, 2.05) is 0 Å². The summed E-state index contributed by atoms with van der Waals surface area (Å²) < 4.78 is 144. The Morgan fingerprint density at radius 1 is 0.696 bits per heavy atom. The Balaban J connectivity index is 0. The molecule has 0 atom stereocenters. The normalized spacial score (nSPS) is 30.6. The number of methoxy groups -OCH3 is 1. The number of hydrogen-bond donors (Lipinski definition) is 2. The molecule has 8 rings (SSSR count). The second-order valence-corrected chi connectivity index (χ2v) is 17.3. The molecule has 0 saturated heterocycles. The first-order chi connectivity index (χ1) is 23.7. The number of carbonyl (C=O) groups is 3. The second kappa shape index (κ2) is 23.4. The molecule has 8 aliphatic carbocycles. The second-order valence-electron chi connectivity index (χ2n) is 13.7. The summed E-state index contributed by atoms with van der Waals surface area (Å²) >= 11 is -0.630. The molecule has 8 aliphatic rings. The van der Waals surface area contributed by atoms with Crippen molar-refractivity contribution in [2.75, 3.05) is 7.11 Å². The molecule has 56 heavy (non-hydrogen) atoms. The molecule has 29 heteroatoms. The Hall–Kier alpha value is 0.930. The summed E-state index contributed by atoms with van der Waals surface area (Å²) in [6, 6.07) is 0. The minimum Gasteiger partial charge on any atom is -0.870 e. The minimum absolute atomic E-state index is 0. The van der Waals surface area contributed by atoms with Crippen molar-refractivity contribution in [1.82, 2.24) is 0 Å². The van der Waals surface area contributed by atoms with Crippen molar-refractivity contribution in [3.63, 3.8) is 0 Å². The molecular formula is C27H36F7Na3O16S3. The molecule has 0 aromatic rings. The van der Waals surface area contributed by atoms with Gasteiger partial charge in [-0.2, -0.15) is 39.1 Å². The van der Waals surface area contributed by atoms with E-state index in [9.17, 15) is 76.4 Å². The van der Waals surface area contributed by atoms with Crippen molar-refractivity contribution < 1.29 is 194 Å². The number of alkyl halides is 6. The van der Waals surface area contributed by atoms with Gasteiger partial charge < -0.3 is 35.0 Å². The Morgan fingerprint density at radius 2 is 1.05 bits per heavy atom. The van der Waals surface area contributed by atoms with Gasteiger partial charge in [0.05, 0.1) is 13.2 Å². The van der Waals surface area contributed by atoms with Gasteiger partial charge in [0.25, 0.3) is 0 Å². The van der Waals surface area contributed by atoms with Crippen LogP contribution in [0.3, 0.4) is 0 Å². The molecule has 310 valence electrons. The molecular weight excluding hydrogens is 878 g/mol. The monoisotopic (exact) mass is 914 g/mol. The van der Waals surface area contributed by atoms with E-state index in [-0.39, 0.29) is 112 Å². The van der Waals surface area contributed by atoms with Crippen LogP contribution in [0.2, 0.25) is 0 Å². The first-order valence-electron chi connectivity index (χ1n) is 15.6. The van der Waals surface area contributed by atoms with Crippen LogP contribution in [0.1, 0.15) is 64.2 Å². The van der Waals surface area contributed by atoms with E-state index in [1.54, 1.807) is 0 Å². The van der Waals surface area contributed by atoms with Gasteiger partial charge in [-0.05, 0) is 112 Å². The first-order valence-corrected chi connectivity index (χ1v) is 19.2. The fourth-order valence-electron chi connectivity index (χ4n) is 8.57. The average molecular weight is 915 g/mol. The van der Waals surface area contributed by atoms with Gasteiger partial charge in [-0.15, -0.1) is 0 Å². The number of ether oxygens (including phenoxy) is 2. The largest absolute Gasteiger partial charge is 1.00 e. The zero-order valence-electron chi connectivity index (χ0n) is 30.4. The van der Waals surface area contributed by atoms with Crippen molar-refractivity contribution in [2.24, 2.45) is 47.3 Å². The molecule has 8 bridgehead atoms. The number of hydrogen-bond acceptors (Lipinski definition) is 16. The SMILES string of the molecule is COC(=O)C(F)(F)S(=O)(=O)F.O=C(O)C(F)(F)S(=O)(=O)[O-].O=C(OC1C2CC3CC(C2)CC1C3)C(F)(F)SOO[O-].OC1C2CC3CC(C2)CC1C3.[Na+].[Na+].[Na+].[OH-]. The molecule has 0 heterocycles. The summed E-state index contributed by atoms with van der Waals surface area (Å²) in [5, 5.41) is 15.4. The molecule has 0 unspecified atom stereocenters. The van der Waals surface area contributed by atoms with Gasteiger partial charge in [0.2, 0.25) is 0 Å². The minimum atomic E-state index is -6.22. The predicted octanol–water partition coefficient (Wildman–Crippen LogP) is -6.28. The Kier molecular flexibility index (Phi) is 24.7. The molecule has 0 spiro atoms. The number of rotatable bonds is 9. The summed E-state index contributed by atoms with van der Waals surface area (Å²) in [5.74, 6) is -1.93. The van der Waals surface area contributed by atoms with Crippen LogP contribution in [0.4, 0.5) is 30.2 Å². The van der Waals surface area contributed by atoms with E-state index in [0.29, 0.717) is 30.8 Å². The predicted molar refractivity (Wildman–Crippen MR) is 156 cm³/mol. The van der Waals surface area contributed by atoms with Gasteiger partial charge in [0.1, 0.15) is 18.1 Å². The van der Waals surface area contributed by atoms with E-state index >= 15 is 0 Å². The summed E-state index contributed by atoms with van der Waals surface area (Å²) in [4.78, 5) is 30.8. The molecule has 0 aromatic heterocycles. The molecule has 0 aliphatic heterocycles. The van der Waals surface area contributed by atoms with Gasteiger partial charge in [-0.1, -0.05) is 3.89 Å². The van der Waals surface area contributed by atoms with Crippen LogP contribution in [0, 0.1) is 47.3 Å². The number of carboxylic acid groups (broad SMARTS) is 1. The van der Waals surface area contributed by atoms with Gasteiger partial charge in [0.15, 0.2) is 10.1 Å². The van der Waals surface area contributed by atoms with E-state index < -0.39 is 72.2 Å². The molecule has 3 N–H and O–H groups in total. The number of halogens is 7. The number of esters is 2. The number of carbonyl (C=O) groups excluding carboxylic acids is 2. The van der Waals surface area contributed by atoms with E-state index in [2.05, 4.69) is 14.1 Å². The van der Waals surface area contributed by atoms with Crippen molar-refractivity contribution >= 4 is 50.3 Å². The zero-order chi connectivity index (χ0) is 39.6. The van der Waals surface area contributed by atoms with Gasteiger partial charge in [0, 0.05) is 0 Å². The van der Waals surface area contributed by atoms with E-state index in [1.165, 1.54) is 38.5 Å². The topological polar surface area (TPSA) is 273 Å². The van der Waals surface area contributed by atoms with Crippen LogP contribution in [0.25, 0.3) is 0 Å². The first kappa shape index (κ1) is 59.0. The molecule has 0 amide bonds. The molecule has 0 radical (unpaired) electrons. The van der Waals surface area contributed by atoms with Crippen molar-refractivity contribution in [3.05, 3.63) is 0 Å².